The van der Waals surface area contributed by atoms with Gasteiger partial charge in [-0.05, 0) is 54.4 Å². The van der Waals surface area contributed by atoms with E-state index in [0.717, 1.165) is 5.69 Å². The summed E-state index contributed by atoms with van der Waals surface area (Å²) in [5.74, 6) is 0.603. The fourth-order valence-corrected chi connectivity index (χ4v) is 3.51. The fourth-order valence-electron chi connectivity index (χ4n) is 3.51. The number of aryl methyl sites for hydroxylation is 2. The monoisotopic (exact) mass is 254 g/mol. The van der Waals surface area contributed by atoms with E-state index >= 15 is 0 Å². The lowest BCUT2D eigenvalue weighted by molar-refractivity contribution is 0.489. The van der Waals surface area contributed by atoms with E-state index in [-0.39, 0.29) is 5.41 Å². The van der Waals surface area contributed by atoms with Gasteiger partial charge in [-0.3, -0.25) is 0 Å². The molecular weight excluding hydrogens is 232 g/mol. The molecule has 1 aromatic carbocycles. The lowest BCUT2D eigenvalue weighted by atomic mass is 9.86. The summed E-state index contributed by atoms with van der Waals surface area (Å²) in [6.07, 6.45) is 3.36. The van der Waals surface area contributed by atoms with Crippen LogP contribution in [-0.2, 0) is 5.41 Å². The highest BCUT2D eigenvalue weighted by atomic mass is 15.3. The van der Waals surface area contributed by atoms with E-state index in [1.807, 2.05) is 0 Å². The summed E-state index contributed by atoms with van der Waals surface area (Å²) in [7, 11) is 0. The van der Waals surface area contributed by atoms with Crippen molar-refractivity contribution in [3.05, 3.63) is 46.8 Å². The Morgan fingerprint density at radius 3 is 2.63 bits per heavy atom. The molecule has 1 unspecified atom stereocenters. The van der Waals surface area contributed by atoms with Crippen LogP contribution in [0.4, 0.5) is 0 Å². The molecule has 100 valence electrons. The molecule has 0 radical (unpaired) electrons. The zero-order valence-electron chi connectivity index (χ0n) is 12.5. The first-order valence-electron chi connectivity index (χ1n) is 7.07. The van der Waals surface area contributed by atoms with E-state index in [2.05, 4.69) is 68.8 Å². The first-order valence-corrected chi connectivity index (χ1v) is 7.07. The largest absolute Gasteiger partial charge is 0.240 e. The zero-order valence-corrected chi connectivity index (χ0v) is 12.5. The molecule has 0 bridgehead atoms. The standard InChI is InChI=1S/C17H22N2/c1-11-9-17(4,5)14-7-6-8-15(16(11)14)19-10-12(2)13(3)18-19/h6-8,10-11H,9H2,1-5H3. The first kappa shape index (κ1) is 12.5. The van der Waals surface area contributed by atoms with Crippen molar-refractivity contribution >= 4 is 0 Å². The Labute approximate surface area is 115 Å². The number of nitrogens with zero attached hydrogens (tertiary/aromatic N) is 2. The molecule has 0 amide bonds. The van der Waals surface area contributed by atoms with Crippen LogP contribution in [0.5, 0.6) is 0 Å². The molecule has 0 saturated carbocycles. The average Bonchev–Trinajstić information content (AvgIpc) is 2.78. The van der Waals surface area contributed by atoms with Gasteiger partial charge in [-0.1, -0.05) is 32.9 Å². The minimum atomic E-state index is 0.280. The van der Waals surface area contributed by atoms with Crippen LogP contribution in [0.25, 0.3) is 5.69 Å². The van der Waals surface area contributed by atoms with Gasteiger partial charge in [0.1, 0.15) is 0 Å². The Hall–Kier alpha value is -1.57. The van der Waals surface area contributed by atoms with E-state index in [9.17, 15) is 0 Å². The van der Waals surface area contributed by atoms with E-state index in [1.165, 1.54) is 28.8 Å². The van der Waals surface area contributed by atoms with Gasteiger partial charge in [0.05, 0.1) is 11.4 Å². The van der Waals surface area contributed by atoms with Crippen molar-refractivity contribution in [3.8, 4) is 5.69 Å². The van der Waals surface area contributed by atoms with Crippen molar-refractivity contribution in [2.45, 2.75) is 52.4 Å². The van der Waals surface area contributed by atoms with Crippen LogP contribution in [0.3, 0.4) is 0 Å². The van der Waals surface area contributed by atoms with Gasteiger partial charge in [-0.15, -0.1) is 0 Å². The van der Waals surface area contributed by atoms with Crippen LogP contribution >= 0.6 is 0 Å². The van der Waals surface area contributed by atoms with Gasteiger partial charge in [0.25, 0.3) is 0 Å². The molecule has 19 heavy (non-hydrogen) atoms. The van der Waals surface area contributed by atoms with Gasteiger partial charge in [0.2, 0.25) is 0 Å². The summed E-state index contributed by atoms with van der Waals surface area (Å²) in [6, 6.07) is 6.65. The fraction of sp³-hybridized carbons (Fsp3) is 0.471. The smallest absolute Gasteiger partial charge is 0.0683 e. The molecule has 2 heteroatoms. The maximum absolute atomic E-state index is 4.66. The van der Waals surface area contributed by atoms with Gasteiger partial charge in [0, 0.05) is 6.20 Å². The molecule has 0 N–H and O–H groups in total. The molecule has 1 aromatic heterocycles. The Kier molecular flexibility index (Phi) is 2.60. The molecule has 1 aliphatic carbocycles. The molecular formula is C17H22N2. The minimum Gasteiger partial charge on any atom is -0.240 e. The second-order valence-electron chi connectivity index (χ2n) is 6.57. The van der Waals surface area contributed by atoms with Crippen molar-refractivity contribution in [2.24, 2.45) is 0 Å². The Bertz CT molecular complexity index is 615. The molecule has 0 fully saturated rings. The number of aromatic nitrogens is 2. The van der Waals surface area contributed by atoms with Gasteiger partial charge >= 0.3 is 0 Å². The van der Waals surface area contributed by atoms with E-state index in [4.69, 9.17) is 0 Å². The van der Waals surface area contributed by atoms with Crippen molar-refractivity contribution in [2.75, 3.05) is 0 Å². The maximum Gasteiger partial charge on any atom is 0.0683 e. The molecule has 0 spiro atoms. The zero-order chi connectivity index (χ0) is 13.8. The first-order chi connectivity index (χ1) is 8.90. The number of hydrogen-bond donors (Lipinski definition) is 0. The van der Waals surface area contributed by atoms with Crippen LogP contribution in [0.15, 0.2) is 24.4 Å². The van der Waals surface area contributed by atoms with Crippen LogP contribution in [0, 0.1) is 13.8 Å². The normalized spacial score (nSPS) is 20.6. The highest BCUT2D eigenvalue weighted by Crippen LogP contribution is 2.47. The van der Waals surface area contributed by atoms with Gasteiger partial charge in [-0.25, -0.2) is 4.68 Å². The summed E-state index contributed by atoms with van der Waals surface area (Å²) in [4.78, 5) is 0. The lowest BCUT2D eigenvalue weighted by Gasteiger charge is -2.19. The maximum atomic E-state index is 4.66. The molecule has 3 rings (SSSR count). The lowest BCUT2D eigenvalue weighted by Crippen LogP contribution is -2.12. The molecule has 1 heterocycles. The molecule has 0 saturated heterocycles. The topological polar surface area (TPSA) is 17.8 Å². The van der Waals surface area contributed by atoms with E-state index in [0.29, 0.717) is 5.92 Å². The minimum absolute atomic E-state index is 0.280. The Morgan fingerprint density at radius 2 is 2.00 bits per heavy atom. The predicted molar refractivity (Wildman–Crippen MR) is 79.1 cm³/mol. The molecule has 1 atom stereocenters. The SMILES string of the molecule is Cc1cn(-c2cccc3c2C(C)CC3(C)C)nc1C. The summed E-state index contributed by atoms with van der Waals surface area (Å²) in [5, 5.41) is 4.66. The van der Waals surface area contributed by atoms with Crippen molar-refractivity contribution in [1.82, 2.24) is 9.78 Å². The van der Waals surface area contributed by atoms with Crippen LogP contribution in [0.1, 0.15) is 55.5 Å². The van der Waals surface area contributed by atoms with Gasteiger partial charge in [-0.2, -0.15) is 5.10 Å². The highest BCUT2D eigenvalue weighted by molar-refractivity contribution is 5.53. The Morgan fingerprint density at radius 1 is 1.26 bits per heavy atom. The number of hydrogen-bond acceptors (Lipinski definition) is 1. The van der Waals surface area contributed by atoms with Crippen LogP contribution < -0.4 is 0 Å². The van der Waals surface area contributed by atoms with Crippen LogP contribution in [-0.4, -0.2) is 9.78 Å². The summed E-state index contributed by atoms with van der Waals surface area (Å²) < 4.78 is 2.06. The predicted octanol–water partition coefficient (Wildman–Crippen LogP) is 4.27. The van der Waals surface area contributed by atoms with Crippen LogP contribution in [0.2, 0.25) is 0 Å². The molecule has 2 aromatic rings. The second kappa shape index (κ2) is 3.96. The number of fused-ring (bicyclic) bond motifs is 1. The Balaban J connectivity index is 2.22. The highest BCUT2D eigenvalue weighted by Gasteiger charge is 2.36. The van der Waals surface area contributed by atoms with Crippen molar-refractivity contribution in [3.63, 3.8) is 0 Å². The third-order valence-electron chi connectivity index (χ3n) is 4.51. The second-order valence-corrected chi connectivity index (χ2v) is 6.57. The van der Waals surface area contributed by atoms with Gasteiger partial charge in [0.15, 0.2) is 0 Å². The van der Waals surface area contributed by atoms with E-state index < -0.39 is 0 Å². The third-order valence-corrected chi connectivity index (χ3v) is 4.51. The quantitative estimate of drug-likeness (QED) is 0.743. The van der Waals surface area contributed by atoms with Crippen molar-refractivity contribution < 1.29 is 0 Å². The molecule has 0 aliphatic heterocycles. The number of benzene rings is 1. The summed E-state index contributed by atoms with van der Waals surface area (Å²) in [5.41, 5.74) is 6.87. The average molecular weight is 254 g/mol. The summed E-state index contributed by atoms with van der Waals surface area (Å²) >= 11 is 0. The van der Waals surface area contributed by atoms with Gasteiger partial charge < -0.3 is 0 Å². The van der Waals surface area contributed by atoms with E-state index in [1.54, 1.807) is 0 Å². The number of rotatable bonds is 1. The third kappa shape index (κ3) is 1.81. The summed E-state index contributed by atoms with van der Waals surface area (Å²) in [6.45, 7) is 11.2. The molecule has 1 aliphatic rings. The van der Waals surface area contributed by atoms with Crippen molar-refractivity contribution in [1.29, 1.82) is 0 Å². The molecule has 2 nitrogen and oxygen atoms in total.